The van der Waals surface area contributed by atoms with Crippen LogP contribution in [0.4, 0.5) is 0 Å². The van der Waals surface area contributed by atoms with Crippen molar-refractivity contribution in [2.24, 2.45) is 12.0 Å². The molecule has 0 unspecified atom stereocenters. The number of aliphatic imine (C=N–C) groups is 1. The molecule has 0 amide bonds. The topological polar surface area (TPSA) is 67.1 Å². The molecule has 0 fully saturated rings. The van der Waals surface area contributed by atoms with Crippen LogP contribution in [0.3, 0.4) is 0 Å². The summed E-state index contributed by atoms with van der Waals surface area (Å²) in [4.78, 5) is 6.05. The second kappa shape index (κ2) is 12.2. The summed E-state index contributed by atoms with van der Waals surface area (Å²) in [5, 5.41) is 17.2. The summed E-state index contributed by atoms with van der Waals surface area (Å²) in [5.41, 5.74) is 0. The monoisotopic (exact) mass is 476 g/mol. The average Bonchev–Trinajstić information content (AvgIpc) is 3.20. The van der Waals surface area contributed by atoms with E-state index in [1.807, 2.05) is 18.5 Å². The van der Waals surface area contributed by atoms with Crippen LogP contribution in [0.5, 0.6) is 0 Å². The fourth-order valence-corrected chi connectivity index (χ4v) is 2.96. The Morgan fingerprint density at radius 3 is 2.68 bits per heavy atom. The van der Waals surface area contributed by atoms with Crippen molar-refractivity contribution in [3.05, 3.63) is 34.0 Å². The van der Waals surface area contributed by atoms with E-state index in [1.54, 1.807) is 11.3 Å². The lowest BCUT2D eigenvalue weighted by Gasteiger charge is -2.12. The molecule has 0 saturated carbocycles. The first kappa shape index (κ1) is 21.9. The third-order valence-electron chi connectivity index (χ3n) is 3.88. The van der Waals surface area contributed by atoms with E-state index in [0.717, 1.165) is 43.5 Å². The molecule has 2 aromatic rings. The van der Waals surface area contributed by atoms with Crippen molar-refractivity contribution in [3.63, 3.8) is 0 Å². The molecule has 0 aliphatic carbocycles. The van der Waals surface area contributed by atoms with Crippen LogP contribution >= 0.6 is 35.3 Å². The zero-order valence-corrected chi connectivity index (χ0v) is 18.4. The molecule has 140 valence electrons. The average molecular weight is 476 g/mol. The van der Waals surface area contributed by atoms with Gasteiger partial charge in [-0.05, 0) is 31.2 Å². The summed E-state index contributed by atoms with van der Waals surface area (Å²) in [6.45, 7) is 6.50. The fourth-order valence-electron chi connectivity index (χ4n) is 2.25. The predicted molar refractivity (Wildman–Crippen MR) is 116 cm³/mol. The number of nitrogens with zero attached hydrogens (tertiary/aromatic N) is 4. The van der Waals surface area contributed by atoms with E-state index in [1.165, 1.54) is 17.7 Å². The number of aryl methyl sites for hydroxylation is 1. The van der Waals surface area contributed by atoms with E-state index in [-0.39, 0.29) is 24.0 Å². The van der Waals surface area contributed by atoms with E-state index in [9.17, 15) is 0 Å². The summed E-state index contributed by atoms with van der Waals surface area (Å²) in [6.07, 6.45) is 4.62. The molecule has 0 spiro atoms. The maximum atomic E-state index is 4.66. The summed E-state index contributed by atoms with van der Waals surface area (Å²) >= 11 is 1.79. The Kier molecular flexibility index (Phi) is 10.7. The molecule has 0 aliphatic heterocycles. The molecule has 0 bridgehead atoms. The number of guanidine groups is 1. The molecule has 25 heavy (non-hydrogen) atoms. The Morgan fingerprint density at radius 1 is 1.24 bits per heavy atom. The minimum Gasteiger partial charge on any atom is -0.356 e. The fraction of sp³-hybridized carbons (Fsp3) is 0.588. The standard InChI is InChI=1S/C17H28N6S.HI/c1-4-5-6-10-18-17(19-11-9-15-8-7-12-24-15)20-13-16-22-21-14(2)23(16)3;/h7-8,12H,4-6,9-11,13H2,1-3H3,(H2,18,19,20);1H. The number of hydrogen-bond acceptors (Lipinski definition) is 4. The normalized spacial score (nSPS) is 11.2. The quantitative estimate of drug-likeness (QED) is 0.252. The van der Waals surface area contributed by atoms with Gasteiger partial charge >= 0.3 is 0 Å². The summed E-state index contributed by atoms with van der Waals surface area (Å²) in [7, 11) is 1.97. The van der Waals surface area contributed by atoms with Gasteiger partial charge in [-0.3, -0.25) is 0 Å². The van der Waals surface area contributed by atoms with Gasteiger partial charge in [0.2, 0.25) is 0 Å². The number of unbranched alkanes of at least 4 members (excludes halogenated alkanes) is 2. The second-order valence-corrected chi connectivity index (χ2v) is 6.81. The summed E-state index contributed by atoms with van der Waals surface area (Å²) < 4.78 is 1.98. The smallest absolute Gasteiger partial charge is 0.191 e. The van der Waals surface area contributed by atoms with E-state index in [2.05, 4.69) is 50.3 Å². The Hall–Kier alpha value is -1.16. The first-order chi connectivity index (χ1) is 11.7. The van der Waals surface area contributed by atoms with Crippen LogP contribution in [0.2, 0.25) is 0 Å². The third-order valence-corrected chi connectivity index (χ3v) is 4.81. The molecule has 0 radical (unpaired) electrons. The number of rotatable bonds is 9. The summed E-state index contributed by atoms with van der Waals surface area (Å²) in [6, 6.07) is 4.26. The Bertz CT molecular complexity index is 623. The molecule has 0 saturated heterocycles. The van der Waals surface area contributed by atoms with Crippen molar-refractivity contribution in [3.8, 4) is 0 Å². The lowest BCUT2D eigenvalue weighted by molar-refractivity contribution is 0.678. The summed E-state index contributed by atoms with van der Waals surface area (Å²) in [5.74, 6) is 2.63. The molecular weight excluding hydrogens is 447 g/mol. The molecule has 6 nitrogen and oxygen atoms in total. The highest BCUT2D eigenvalue weighted by Crippen LogP contribution is 2.08. The van der Waals surface area contributed by atoms with Crippen LogP contribution in [-0.4, -0.2) is 33.8 Å². The Balaban J connectivity index is 0.00000312. The number of nitrogens with one attached hydrogen (secondary N) is 2. The van der Waals surface area contributed by atoms with Crippen LogP contribution in [0.1, 0.15) is 42.7 Å². The minimum absolute atomic E-state index is 0. The van der Waals surface area contributed by atoms with Gasteiger partial charge in [-0.2, -0.15) is 0 Å². The molecule has 0 aliphatic rings. The highest BCUT2D eigenvalue weighted by molar-refractivity contribution is 14.0. The highest BCUT2D eigenvalue weighted by Gasteiger charge is 2.05. The van der Waals surface area contributed by atoms with Gasteiger partial charge in [0, 0.05) is 25.0 Å². The van der Waals surface area contributed by atoms with Crippen molar-refractivity contribution < 1.29 is 0 Å². The van der Waals surface area contributed by atoms with Crippen LogP contribution < -0.4 is 10.6 Å². The van der Waals surface area contributed by atoms with Gasteiger partial charge in [-0.25, -0.2) is 4.99 Å². The maximum absolute atomic E-state index is 4.66. The van der Waals surface area contributed by atoms with Crippen molar-refractivity contribution in [2.75, 3.05) is 13.1 Å². The van der Waals surface area contributed by atoms with E-state index in [4.69, 9.17) is 0 Å². The number of halogens is 1. The number of hydrogen-bond donors (Lipinski definition) is 2. The first-order valence-corrected chi connectivity index (χ1v) is 9.48. The van der Waals surface area contributed by atoms with E-state index < -0.39 is 0 Å². The van der Waals surface area contributed by atoms with Crippen molar-refractivity contribution in [2.45, 2.75) is 46.1 Å². The predicted octanol–water partition coefficient (Wildman–Crippen LogP) is 3.27. The molecule has 0 atom stereocenters. The molecule has 2 rings (SSSR count). The molecule has 8 heteroatoms. The third kappa shape index (κ3) is 7.72. The van der Waals surface area contributed by atoms with Gasteiger partial charge in [0.1, 0.15) is 12.4 Å². The van der Waals surface area contributed by atoms with Crippen LogP contribution in [0.25, 0.3) is 0 Å². The molecule has 2 N–H and O–H groups in total. The van der Waals surface area contributed by atoms with Gasteiger partial charge in [0.15, 0.2) is 11.8 Å². The molecular formula is C17H29IN6S. The minimum atomic E-state index is 0. The maximum Gasteiger partial charge on any atom is 0.191 e. The van der Waals surface area contributed by atoms with Crippen LogP contribution in [-0.2, 0) is 20.0 Å². The lowest BCUT2D eigenvalue weighted by atomic mass is 10.2. The van der Waals surface area contributed by atoms with Gasteiger partial charge in [0.25, 0.3) is 0 Å². The molecule has 2 heterocycles. The second-order valence-electron chi connectivity index (χ2n) is 5.78. The number of aromatic nitrogens is 3. The molecule has 0 aromatic carbocycles. The van der Waals surface area contributed by atoms with E-state index >= 15 is 0 Å². The largest absolute Gasteiger partial charge is 0.356 e. The van der Waals surface area contributed by atoms with Crippen LogP contribution in [0.15, 0.2) is 22.5 Å². The van der Waals surface area contributed by atoms with Crippen molar-refractivity contribution >= 4 is 41.3 Å². The van der Waals surface area contributed by atoms with Gasteiger partial charge in [-0.15, -0.1) is 45.5 Å². The highest BCUT2D eigenvalue weighted by atomic mass is 127. The molecule has 2 aromatic heterocycles. The Morgan fingerprint density at radius 2 is 2.04 bits per heavy atom. The SMILES string of the molecule is CCCCCNC(=NCc1nnc(C)n1C)NCCc1cccs1.I. The van der Waals surface area contributed by atoms with Crippen molar-refractivity contribution in [1.82, 2.24) is 25.4 Å². The van der Waals surface area contributed by atoms with Crippen molar-refractivity contribution in [1.29, 1.82) is 0 Å². The number of thiophene rings is 1. The lowest BCUT2D eigenvalue weighted by Crippen LogP contribution is -2.39. The zero-order chi connectivity index (χ0) is 17.2. The van der Waals surface area contributed by atoms with E-state index in [0.29, 0.717) is 6.54 Å². The van der Waals surface area contributed by atoms with Gasteiger partial charge in [-0.1, -0.05) is 25.8 Å². The van der Waals surface area contributed by atoms with Gasteiger partial charge < -0.3 is 15.2 Å². The van der Waals surface area contributed by atoms with Crippen LogP contribution in [0, 0.1) is 6.92 Å². The van der Waals surface area contributed by atoms with Gasteiger partial charge in [0.05, 0.1) is 0 Å². The zero-order valence-electron chi connectivity index (χ0n) is 15.3. The first-order valence-electron chi connectivity index (χ1n) is 8.60. The Labute approximate surface area is 171 Å².